The Labute approximate surface area is 170 Å². The summed E-state index contributed by atoms with van der Waals surface area (Å²) in [6.07, 6.45) is 0. The van der Waals surface area contributed by atoms with Gasteiger partial charge in [0.05, 0.1) is 0 Å². The Balaban J connectivity index is 2.60. The van der Waals surface area contributed by atoms with Crippen LogP contribution in [0.1, 0.15) is 5.56 Å². The normalized spacial score (nSPS) is 11.2. The lowest BCUT2D eigenvalue weighted by molar-refractivity contribution is 0.459. The largest absolute Gasteiger partial charge is 0.412 e. The molecular formula is C19H6AlF11. The summed E-state index contributed by atoms with van der Waals surface area (Å²) in [5.41, 5.74) is -0.982. The highest BCUT2D eigenvalue weighted by atomic mass is 27.2. The van der Waals surface area contributed by atoms with Crippen LogP contribution in [0.3, 0.4) is 0 Å². The van der Waals surface area contributed by atoms with Gasteiger partial charge >= 0.3 is 14.1 Å². The van der Waals surface area contributed by atoms with E-state index in [0.29, 0.717) is 0 Å². The van der Waals surface area contributed by atoms with Gasteiger partial charge in [0, 0.05) is 23.8 Å². The highest BCUT2D eigenvalue weighted by Crippen LogP contribution is 2.19. The van der Waals surface area contributed by atoms with E-state index < -0.39 is 97.0 Å². The minimum Gasteiger partial charge on any atom is -0.208 e. The molecule has 3 aromatic carbocycles. The van der Waals surface area contributed by atoms with Gasteiger partial charge in [-0.3, -0.25) is 0 Å². The number of hydrogen-bond donors (Lipinski definition) is 0. The molecule has 12 heteroatoms. The first-order valence-electron chi connectivity index (χ1n) is 8.18. The molecular weight excluding hydrogens is 464 g/mol. The van der Waals surface area contributed by atoms with Crippen molar-refractivity contribution in [2.75, 3.05) is 0 Å². The van der Waals surface area contributed by atoms with Crippen molar-refractivity contribution in [3.8, 4) is 0 Å². The fraction of sp³-hybridized carbons (Fsp3) is 0.0526. The first-order valence-corrected chi connectivity index (χ1v) is 9.91. The zero-order valence-corrected chi connectivity index (χ0v) is 16.1. The summed E-state index contributed by atoms with van der Waals surface area (Å²) in [6, 6.07) is -0.590. The maximum Gasteiger partial charge on any atom is 0.412 e. The summed E-state index contributed by atoms with van der Waals surface area (Å²) in [6.45, 7) is 0.719. The molecule has 3 aromatic rings. The summed E-state index contributed by atoms with van der Waals surface area (Å²) >= 11 is -5.08. The molecule has 162 valence electrons. The van der Waals surface area contributed by atoms with Crippen molar-refractivity contribution < 1.29 is 48.3 Å². The molecule has 0 aliphatic carbocycles. The third kappa shape index (κ3) is 3.68. The molecule has 0 saturated carbocycles. The van der Waals surface area contributed by atoms with E-state index in [1.165, 1.54) is 0 Å². The summed E-state index contributed by atoms with van der Waals surface area (Å²) in [5, 5.41) is 0. The van der Waals surface area contributed by atoms with Gasteiger partial charge in [0.1, 0.15) is 40.7 Å². The average Bonchev–Trinajstić information content (AvgIpc) is 2.69. The molecule has 0 nitrogen and oxygen atoms in total. The van der Waals surface area contributed by atoms with Gasteiger partial charge in [-0.25, -0.2) is 48.3 Å². The highest BCUT2D eigenvalue weighted by Gasteiger charge is 2.43. The van der Waals surface area contributed by atoms with E-state index in [1.807, 2.05) is 0 Å². The zero-order valence-electron chi connectivity index (χ0n) is 15.0. The first kappa shape index (κ1) is 23.1. The molecule has 0 atom stereocenters. The fourth-order valence-corrected chi connectivity index (χ4v) is 6.36. The van der Waals surface area contributed by atoms with Gasteiger partial charge in [0.15, 0.2) is 23.3 Å². The second-order valence-electron chi connectivity index (χ2n) is 6.39. The first-order chi connectivity index (χ1) is 14.4. The van der Waals surface area contributed by atoms with Crippen LogP contribution in [-0.2, 0) is 0 Å². The predicted octanol–water partition coefficient (Wildman–Crippen LogP) is 4.04. The van der Waals surface area contributed by atoms with Crippen LogP contribution in [0.25, 0.3) is 0 Å². The summed E-state index contributed by atoms with van der Waals surface area (Å²) in [4.78, 5) is 0. The third-order valence-electron chi connectivity index (χ3n) is 4.59. The van der Waals surface area contributed by atoms with Crippen molar-refractivity contribution in [2.45, 2.75) is 6.92 Å². The lowest BCUT2D eigenvalue weighted by Crippen LogP contribution is -2.60. The van der Waals surface area contributed by atoms with Crippen LogP contribution in [0.5, 0.6) is 0 Å². The van der Waals surface area contributed by atoms with E-state index in [1.54, 1.807) is 0 Å². The minimum atomic E-state index is -5.08. The third-order valence-corrected chi connectivity index (χ3v) is 7.87. The molecule has 0 radical (unpaired) electrons. The number of benzene rings is 3. The Morgan fingerprint density at radius 1 is 0.419 bits per heavy atom. The van der Waals surface area contributed by atoms with E-state index in [2.05, 4.69) is 0 Å². The van der Waals surface area contributed by atoms with E-state index >= 15 is 0 Å². The van der Waals surface area contributed by atoms with Gasteiger partial charge in [-0.05, 0) is 20.2 Å². The molecule has 0 N–H and O–H groups in total. The van der Waals surface area contributed by atoms with Gasteiger partial charge in [-0.15, -0.1) is 0 Å². The van der Waals surface area contributed by atoms with Crippen molar-refractivity contribution in [3.05, 3.63) is 87.8 Å². The molecule has 0 aliphatic rings. The molecule has 0 spiro atoms. The molecule has 0 heterocycles. The molecule has 31 heavy (non-hydrogen) atoms. The second-order valence-corrected chi connectivity index (χ2v) is 8.99. The number of hydrogen-bond acceptors (Lipinski definition) is 0. The molecule has 0 aromatic heterocycles. The zero-order chi connectivity index (χ0) is 23.4. The quantitative estimate of drug-likeness (QED) is 0.308. The van der Waals surface area contributed by atoms with Crippen LogP contribution in [0.15, 0.2) is 18.2 Å². The summed E-state index contributed by atoms with van der Waals surface area (Å²) in [5.74, 6) is -23.0. The van der Waals surface area contributed by atoms with Crippen LogP contribution in [0, 0.1) is 70.9 Å². The summed E-state index contributed by atoms with van der Waals surface area (Å²) in [7, 11) is 0. The molecule has 0 amide bonds. The second kappa shape index (κ2) is 8.17. The smallest absolute Gasteiger partial charge is 0.208 e. The van der Waals surface area contributed by atoms with Crippen LogP contribution >= 0.6 is 0 Å². The van der Waals surface area contributed by atoms with E-state index in [-0.39, 0.29) is 18.2 Å². The van der Waals surface area contributed by atoms with Gasteiger partial charge < -0.3 is 0 Å². The Morgan fingerprint density at radius 3 is 1.10 bits per heavy atom. The average molecular weight is 470 g/mol. The van der Waals surface area contributed by atoms with Gasteiger partial charge in [0.2, 0.25) is 0 Å². The Kier molecular flexibility index (Phi) is 6.08. The van der Waals surface area contributed by atoms with Crippen LogP contribution in [0.4, 0.5) is 48.3 Å². The Morgan fingerprint density at radius 2 is 0.742 bits per heavy atom. The fourth-order valence-electron chi connectivity index (χ4n) is 3.10. The number of halogens is 11. The van der Waals surface area contributed by atoms with Gasteiger partial charge in [-0.2, -0.15) is 0 Å². The molecule has 0 unspecified atom stereocenters. The maximum atomic E-state index is 14.8. The van der Waals surface area contributed by atoms with Gasteiger partial charge in [0.25, 0.3) is 0 Å². The minimum absolute atomic E-state index is 0.00925. The van der Waals surface area contributed by atoms with Gasteiger partial charge in [-0.1, -0.05) is 0 Å². The Hall–Kier alpha value is -2.58. The van der Waals surface area contributed by atoms with Crippen molar-refractivity contribution in [2.24, 2.45) is 0 Å². The molecule has 0 bridgehead atoms. The van der Waals surface area contributed by atoms with Crippen LogP contribution in [-0.4, -0.2) is 14.1 Å². The highest BCUT2D eigenvalue weighted by molar-refractivity contribution is 6.95. The molecule has 0 saturated heterocycles. The van der Waals surface area contributed by atoms with Crippen molar-refractivity contribution in [1.82, 2.24) is 0 Å². The van der Waals surface area contributed by atoms with Crippen molar-refractivity contribution >= 4 is 27.4 Å². The predicted molar refractivity (Wildman–Crippen MR) is 88.3 cm³/mol. The van der Waals surface area contributed by atoms with E-state index in [4.69, 9.17) is 0 Å². The topological polar surface area (TPSA) is 0 Å². The van der Waals surface area contributed by atoms with Crippen molar-refractivity contribution in [3.63, 3.8) is 0 Å². The summed E-state index contributed by atoms with van der Waals surface area (Å²) < 4.78 is 151. The van der Waals surface area contributed by atoms with E-state index in [0.717, 1.165) is 6.92 Å². The molecule has 0 fully saturated rings. The lowest BCUT2D eigenvalue weighted by atomic mass is 10.2. The number of rotatable bonds is 3. The lowest BCUT2D eigenvalue weighted by Gasteiger charge is -2.20. The maximum absolute atomic E-state index is 14.8. The Bertz CT molecular complexity index is 1110. The molecule has 0 aliphatic heterocycles. The van der Waals surface area contributed by atoms with E-state index in [9.17, 15) is 48.3 Å². The monoisotopic (exact) mass is 470 g/mol. The van der Waals surface area contributed by atoms with Crippen LogP contribution < -0.4 is 13.3 Å². The SMILES string of the molecule is Cc1c(F)cc(F)[c]([Al]([c]2c(F)c(F)cc(F)c2F)[c]2c(F)c(F)cc(F)c2F)c1F. The standard InChI is InChI=1S/C7H4F3.2C6HF4.Al/c1-4-6(9)2-5(8)3-7(4)10;2*7-3-1-4(8)6(10)2-5(3)9;/h2H,1H3;2*1H;. The van der Waals surface area contributed by atoms with Crippen LogP contribution in [0.2, 0.25) is 0 Å². The van der Waals surface area contributed by atoms with Crippen molar-refractivity contribution in [1.29, 1.82) is 0 Å². The molecule has 3 rings (SSSR count).